The lowest BCUT2D eigenvalue weighted by Crippen LogP contribution is -2.27. The van der Waals surface area contributed by atoms with Crippen LogP contribution >= 0.6 is 0 Å². The van der Waals surface area contributed by atoms with Crippen molar-refractivity contribution >= 4 is 5.91 Å². The molecule has 0 fully saturated rings. The van der Waals surface area contributed by atoms with Gasteiger partial charge in [-0.05, 0) is 45.4 Å². The van der Waals surface area contributed by atoms with Gasteiger partial charge in [-0.15, -0.1) is 0 Å². The van der Waals surface area contributed by atoms with Crippen molar-refractivity contribution in [3.8, 4) is 11.4 Å². The Morgan fingerprint density at radius 1 is 1.22 bits per heavy atom. The number of aromatic amines is 1. The molecule has 0 aromatic carbocycles. The number of carbonyl (C=O) groups excluding carboxylic acids is 1. The van der Waals surface area contributed by atoms with Gasteiger partial charge < -0.3 is 5.32 Å². The van der Waals surface area contributed by atoms with Crippen LogP contribution < -0.4 is 5.32 Å². The van der Waals surface area contributed by atoms with E-state index in [0.717, 1.165) is 33.8 Å². The smallest absolute Gasteiger partial charge is 0.220 e. The minimum Gasteiger partial charge on any atom is -0.349 e. The summed E-state index contributed by atoms with van der Waals surface area (Å²) >= 11 is 0. The summed E-state index contributed by atoms with van der Waals surface area (Å²) in [6.45, 7) is 7.87. The van der Waals surface area contributed by atoms with Gasteiger partial charge in [0.1, 0.15) is 0 Å². The molecule has 0 aliphatic carbocycles. The molecule has 2 N–H and O–H groups in total. The Kier molecular flexibility index (Phi) is 5.59. The van der Waals surface area contributed by atoms with Gasteiger partial charge in [-0.1, -0.05) is 0 Å². The maximum Gasteiger partial charge on any atom is 0.220 e. The number of rotatable bonds is 6. The fourth-order valence-electron chi connectivity index (χ4n) is 2.94. The number of aryl methyl sites for hydroxylation is 3. The van der Waals surface area contributed by atoms with E-state index in [4.69, 9.17) is 0 Å². The SMILES string of the molecule is Cc1nc(-c2ccncc2)ncc1[C@H](C)NC(=O)CCc1n[nH]c(C)c1C. The molecule has 3 aromatic rings. The fraction of sp³-hybridized carbons (Fsp3) is 0.350. The zero-order valence-corrected chi connectivity index (χ0v) is 16.1. The molecule has 0 spiro atoms. The first kappa shape index (κ1) is 18.7. The van der Waals surface area contributed by atoms with Crippen LogP contribution in [0.1, 0.15) is 47.6 Å². The predicted octanol–water partition coefficient (Wildman–Crippen LogP) is 3.00. The molecule has 1 atom stereocenters. The van der Waals surface area contributed by atoms with Crippen molar-refractivity contribution in [3.05, 3.63) is 58.9 Å². The highest BCUT2D eigenvalue weighted by Crippen LogP contribution is 2.19. The number of nitrogens with one attached hydrogen (secondary N) is 2. The number of hydrogen-bond acceptors (Lipinski definition) is 5. The highest BCUT2D eigenvalue weighted by Gasteiger charge is 2.15. The largest absolute Gasteiger partial charge is 0.349 e. The number of carbonyl (C=O) groups is 1. The molecule has 3 rings (SSSR count). The van der Waals surface area contributed by atoms with Crippen LogP contribution in [-0.4, -0.2) is 31.1 Å². The van der Waals surface area contributed by atoms with Gasteiger partial charge in [-0.3, -0.25) is 14.9 Å². The highest BCUT2D eigenvalue weighted by molar-refractivity contribution is 5.76. The summed E-state index contributed by atoms with van der Waals surface area (Å²) in [7, 11) is 0. The maximum absolute atomic E-state index is 12.3. The minimum absolute atomic E-state index is 0.0137. The Bertz CT molecular complexity index is 935. The second-order valence-electron chi connectivity index (χ2n) is 6.68. The maximum atomic E-state index is 12.3. The third-order valence-electron chi connectivity index (χ3n) is 4.74. The first-order valence-electron chi connectivity index (χ1n) is 8.99. The molecule has 7 heteroatoms. The molecule has 3 heterocycles. The summed E-state index contributed by atoms with van der Waals surface area (Å²) in [6, 6.07) is 3.59. The van der Waals surface area contributed by atoms with Crippen molar-refractivity contribution in [2.75, 3.05) is 0 Å². The zero-order chi connectivity index (χ0) is 19.4. The molecule has 0 unspecified atom stereocenters. The van der Waals surface area contributed by atoms with Gasteiger partial charge in [0.2, 0.25) is 5.91 Å². The molecule has 3 aromatic heterocycles. The van der Waals surface area contributed by atoms with Gasteiger partial charge in [-0.25, -0.2) is 9.97 Å². The molecule has 140 valence electrons. The van der Waals surface area contributed by atoms with Crippen molar-refractivity contribution in [1.82, 2.24) is 30.5 Å². The first-order valence-corrected chi connectivity index (χ1v) is 8.99. The summed E-state index contributed by atoms with van der Waals surface area (Å²) in [5.41, 5.74) is 5.78. The van der Waals surface area contributed by atoms with E-state index in [9.17, 15) is 4.79 Å². The van der Waals surface area contributed by atoms with Crippen LogP contribution in [-0.2, 0) is 11.2 Å². The van der Waals surface area contributed by atoms with Crippen LogP contribution in [0.3, 0.4) is 0 Å². The molecule has 0 saturated carbocycles. The second-order valence-corrected chi connectivity index (χ2v) is 6.68. The quantitative estimate of drug-likeness (QED) is 0.701. The molecule has 0 aliphatic rings. The zero-order valence-electron chi connectivity index (χ0n) is 16.1. The van der Waals surface area contributed by atoms with E-state index in [0.29, 0.717) is 18.7 Å². The second kappa shape index (κ2) is 8.07. The van der Waals surface area contributed by atoms with E-state index in [1.54, 1.807) is 18.6 Å². The van der Waals surface area contributed by atoms with E-state index < -0.39 is 0 Å². The lowest BCUT2D eigenvalue weighted by atomic mass is 10.1. The monoisotopic (exact) mass is 364 g/mol. The minimum atomic E-state index is -0.161. The van der Waals surface area contributed by atoms with Gasteiger partial charge in [0, 0.05) is 53.9 Å². The summed E-state index contributed by atoms with van der Waals surface area (Å²) in [4.78, 5) is 25.3. The Morgan fingerprint density at radius 2 is 1.96 bits per heavy atom. The molecule has 0 saturated heterocycles. The third-order valence-corrected chi connectivity index (χ3v) is 4.74. The molecule has 7 nitrogen and oxygen atoms in total. The van der Waals surface area contributed by atoms with E-state index in [2.05, 4.69) is 30.5 Å². The Labute approximate surface area is 158 Å². The fourth-order valence-corrected chi connectivity index (χ4v) is 2.94. The average Bonchev–Trinajstić information content (AvgIpc) is 2.99. The van der Waals surface area contributed by atoms with Gasteiger partial charge in [0.05, 0.1) is 11.7 Å². The number of pyridine rings is 1. The Morgan fingerprint density at radius 3 is 2.59 bits per heavy atom. The average molecular weight is 364 g/mol. The van der Waals surface area contributed by atoms with Crippen LogP contribution in [0.5, 0.6) is 0 Å². The van der Waals surface area contributed by atoms with E-state index in [1.807, 2.05) is 39.8 Å². The third kappa shape index (κ3) is 4.36. The van der Waals surface area contributed by atoms with Crippen LogP contribution in [0.15, 0.2) is 30.7 Å². The molecule has 27 heavy (non-hydrogen) atoms. The predicted molar refractivity (Wildman–Crippen MR) is 103 cm³/mol. The Hall–Kier alpha value is -3.09. The summed E-state index contributed by atoms with van der Waals surface area (Å²) < 4.78 is 0. The number of aromatic nitrogens is 5. The summed E-state index contributed by atoms with van der Waals surface area (Å²) in [5, 5.41) is 10.2. The van der Waals surface area contributed by atoms with Gasteiger partial charge in [-0.2, -0.15) is 5.10 Å². The molecule has 1 amide bonds. The van der Waals surface area contributed by atoms with E-state index >= 15 is 0 Å². The topological polar surface area (TPSA) is 96.5 Å². The number of nitrogens with zero attached hydrogens (tertiary/aromatic N) is 4. The Balaban J connectivity index is 1.62. The molecule has 0 radical (unpaired) electrons. The van der Waals surface area contributed by atoms with Gasteiger partial charge in [0.15, 0.2) is 5.82 Å². The van der Waals surface area contributed by atoms with Crippen LogP contribution in [0.4, 0.5) is 0 Å². The van der Waals surface area contributed by atoms with Crippen molar-refractivity contribution in [2.45, 2.75) is 46.6 Å². The van der Waals surface area contributed by atoms with Crippen molar-refractivity contribution in [2.24, 2.45) is 0 Å². The standard InChI is InChI=1S/C20H24N6O/c1-12-13(2)25-26-18(12)5-6-19(27)23-14(3)17-11-22-20(24-15(17)4)16-7-9-21-10-8-16/h7-11,14H,5-6H2,1-4H3,(H,23,27)(H,25,26)/t14-/m0/s1. The van der Waals surface area contributed by atoms with Gasteiger partial charge >= 0.3 is 0 Å². The summed E-state index contributed by atoms with van der Waals surface area (Å²) in [5.74, 6) is 0.640. The summed E-state index contributed by atoms with van der Waals surface area (Å²) in [6.07, 6.45) is 6.22. The van der Waals surface area contributed by atoms with Crippen molar-refractivity contribution in [1.29, 1.82) is 0 Å². The number of amides is 1. The molecule has 0 bridgehead atoms. The van der Waals surface area contributed by atoms with Crippen LogP contribution in [0.25, 0.3) is 11.4 Å². The number of hydrogen-bond donors (Lipinski definition) is 2. The van der Waals surface area contributed by atoms with Gasteiger partial charge in [0.25, 0.3) is 0 Å². The lowest BCUT2D eigenvalue weighted by Gasteiger charge is -2.16. The normalized spacial score (nSPS) is 12.0. The highest BCUT2D eigenvalue weighted by atomic mass is 16.1. The van der Waals surface area contributed by atoms with E-state index in [-0.39, 0.29) is 11.9 Å². The molecular weight excluding hydrogens is 340 g/mol. The van der Waals surface area contributed by atoms with E-state index in [1.165, 1.54) is 0 Å². The van der Waals surface area contributed by atoms with Crippen molar-refractivity contribution in [3.63, 3.8) is 0 Å². The first-order chi connectivity index (χ1) is 13.0. The van der Waals surface area contributed by atoms with Crippen LogP contribution in [0.2, 0.25) is 0 Å². The van der Waals surface area contributed by atoms with Crippen molar-refractivity contribution < 1.29 is 4.79 Å². The molecule has 0 aliphatic heterocycles. The molecular formula is C20H24N6O. The number of H-pyrrole nitrogens is 1. The lowest BCUT2D eigenvalue weighted by molar-refractivity contribution is -0.121. The van der Waals surface area contributed by atoms with Crippen LogP contribution in [0, 0.1) is 20.8 Å².